The highest BCUT2D eigenvalue weighted by Crippen LogP contribution is 2.25. The highest BCUT2D eigenvalue weighted by Gasteiger charge is 2.29. The normalized spacial score (nSPS) is 14.7. The van der Waals surface area contributed by atoms with Gasteiger partial charge in [0.05, 0.1) is 24.3 Å². The van der Waals surface area contributed by atoms with Gasteiger partial charge in [0.25, 0.3) is 5.91 Å². The smallest absolute Gasteiger partial charge is 0.258 e. The molecule has 1 saturated heterocycles. The zero-order valence-electron chi connectivity index (χ0n) is 18.3. The molecule has 1 fully saturated rings. The highest BCUT2D eigenvalue weighted by molar-refractivity contribution is 6.33. The third kappa shape index (κ3) is 5.40. The summed E-state index contributed by atoms with van der Waals surface area (Å²) in [6.07, 6.45) is 0. The fourth-order valence-corrected chi connectivity index (χ4v) is 4.33. The van der Waals surface area contributed by atoms with E-state index in [-0.39, 0.29) is 11.8 Å². The number of carbonyl (C=O) groups is 2. The summed E-state index contributed by atoms with van der Waals surface area (Å²) in [5.74, 6) is 0.00661. The predicted octanol–water partition coefficient (Wildman–Crippen LogP) is 3.17. The molecule has 31 heavy (non-hydrogen) atoms. The third-order valence-electron chi connectivity index (χ3n) is 5.69. The Morgan fingerprint density at radius 3 is 2.32 bits per heavy atom. The minimum Gasteiger partial charge on any atom is -0.342 e. The first-order valence-electron chi connectivity index (χ1n) is 10.6. The topological polar surface area (TPSA) is 61.7 Å². The molecule has 2 heterocycles. The second kappa shape index (κ2) is 10.5. The average Bonchev–Trinajstić information content (AvgIpc) is 3.03. The highest BCUT2D eigenvalue weighted by atomic mass is 35.5. The van der Waals surface area contributed by atoms with Gasteiger partial charge in [-0.3, -0.25) is 14.5 Å². The zero-order chi connectivity index (χ0) is 22.5. The molecule has 0 N–H and O–H groups in total. The lowest BCUT2D eigenvalue weighted by Crippen LogP contribution is -2.51. The second-order valence-corrected chi connectivity index (χ2v) is 8.40. The number of likely N-dealkylation sites (N-methyl/N-ethyl adjacent to an activating group) is 1. The maximum atomic E-state index is 13.2. The van der Waals surface area contributed by atoms with Crippen molar-refractivity contribution in [2.24, 2.45) is 0 Å². The van der Waals surface area contributed by atoms with E-state index in [1.54, 1.807) is 16.5 Å². The lowest BCUT2D eigenvalue weighted by atomic mass is 10.2. The maximum Gasteiger partial charge on any atom is 0.258 e. The molecular formula is C22H29Cl2N5O2. The second-order valence-electron chi connectivity index (χ2n) is 7.63. The summed E-state index contributed by atoms with van der Waals surface area (Å²) in [6.45, 7) is 10.4. The molecular weight excluding hydrogens is 437 g/mol. The van der Waals surface area contributed by atoms with Gasteiger partial charge in [-0.25, -0.2) is 4.68 Å². The summed E-state index contributed by atoms with van der Waals surface area (Å²) >= 11 is 12.8. The molecule has 0 bridgehead atoms. The average molecular weight is 466 g/mol. The van der Waals surface area contributed by atoms with Crippen LogP contribution in [0.2, 0.25) is 10.2 Å². The first-order valence-corrected chi connectivity index (χ1v) is 11.4. The number of amides is 2. The summed E-state index contributed by atoms with van der Waals surface area (Å²) in [5, 5.41) is 5.43. The Labute approximate surface area is 193 Å². The molecule has 1 aromatic heterocycles. The molecule has 2 amide bonds. The van der Waals surface area contributed by atoms with E-state index in [9.17, 15) is 9.59 Å². The number of hydrogen-bond acceptors (Lipinski definition) is 4. The van der Waals surface area contributed by atoms with E-state index in [0.717, 1.165) is 5.56 Å². The third-order valence-corrected chi connectivity index (χ3v) is 6.44. The first kappa shape index (κ1) is 23.6. The minimum atomic E-state index is -0.123. The van der Waals surface area contributed by atoms with Crippen LogP contribution in [0, 0.1) is 6.92 Å². The largest absolute Gasteiger partial charge is 0.342 e. The van der Waals surface area contributed by atoms with Crippen molar-refractivity contribution >= 4 is 35.0 Å². The van der Waals surface area contributed by atoms with Crippen molar-refractivity contribution in [3.8, 4) is 0 Å². The number of piperazine rings is 1. The Hall–Kier alpha value is -2.09. The van der Waals surface area contributed by atoms with E-state index >= 15 is 0 Å². The molecule has 9 heteroatoms. The van der Waals surface area contributed by atoms with Crippen LogP contribution in [0.4, 0.5) is 0 Å². The SMILES string of the molecule is CCN(CC)C(=O)CN1CCN(C(=O)c2c(C)nn(Cc3ccccc3Cl)c2Cl)CC1. The van der Waals surface area contributed by atoms with Crippen molar-refractivity contribution in [3.63, 3.8) is 0 Å². The van der Waals surface area contributed by atoms with Crippen LogP contribution in [0.25, 0.3) is 0 Å². The Kier molecular flexibility index (Phi) is 7.97. The quantitative estimate of drug-likeness (QED) is 0.629. The van der Waals surface area contributed by atoms with Gasteiger partial charge in [0.15, 0.2) is 0 Å². The monoisotopic (exact) mass is 465 g/mol. The Morgan fingerprint density at radius 2 is 1.71 bits per heavy atom. The summed E-state index contributed by atoms with van der Waals surface area (Å²) < 4.78 is 1.62. The summed E-state index contributed by atoms with van der Waals surface area (Å²) in [6, 6.07) is 7.50. The maximum absolute atomic E-state index is 13.2. The van der Waals surface area contributed by atoms with Gasteiger partial charge in [-0.1, -0.05) is 41.4 Å². The van der Waals surface area contributed by atoms with Gasteiger partial charge in [0, 0.05) is 44.3 Å². The molecule has 0 unspecified atom stereocenters. The summed E-state index contributed by atoms with van der Waals surface area (Å²) in [4.78, 5) is 31.2. The van der Waals surface area contributed by atoms with Gasteiger partial charge < -0.3 is 9.80 Å². The van der Waals surface area contributed by atoms with E-state index < -0.39 is 0 Å². The summed E-state index contributed by atoms with van der Waals surface area (Å²) in [5.41, 5.74) is 1.92. The summed E-state index contributed by atoms with van der Waals surface area (Å²) in [7, 11) is 0. The molecule has 1 aromatic carbocycles. The van der Waals surface area contributed by atoms with E-state index in [4.69, 9.17) is 23.2 Å². The lowest BCUT2D eigenvalue weighted by Gasteiger charge is -2.35. The first-order chi connectivity index (χ1) is 14.8. The number of nitrogens with zero attached hydrogens (tertiary/aromatic N) is 5. The molecule has 3 rings (SSSR count). The van der Waals surface area contributed by atoms with Crippen molar-refractivity contribution in [2.75, 3.05) is 45.8 Å². The number of carbonyl (C=O) groups excluding carboxylic acids is 2. The molecule has 0 aliphatic carbocycles. The van der Waals surface area contributed by atoms with Crippen molar-refractivity contribution in [2.45, 2.75) is 27.3 Å². The molecule has 1 aliphatic heterocycles. The molecule has 168 valence electrons. The van der Waals surface area contributed by atoms with Gasteiger partial charge in [0.1, 0.15) is 5.15 Å². The molecule has 0 atom stereocenters. The van der Waals surface area contributed by atoms with Crippen LogP contribution in [0.5, 0.6) is 0 Å². The van der Waals surface area contributed by atoms with Crippen LogP contribution in [0.15, 0.2) is 24.3 Å². The van der Waals surface area contributed by atoms with E-state index in [2.05, 4.69) is 10.00 Å². The van der Waals surface area contributed by atoms with Crippen LogP contribution < -0.4 is 0 Å². The van der Waals surface area contributed by atoms with Crippen molar-refractivity contribution in [3.05, 3.63) is 51.3 Å². The zero-order valence-corrected chi connectivity index (χ0v) is 19.8. The van der Waals surface area contributed by atoms with E-state index in [0.29, 0.717) is 73.8 Å². The van der Waals surface area contributed by atoms with Gasteiger partial charge >= 0.3 is 0 Å². The molecule has 0 spiro atoms. The predicted molar refractivity (Wildman–Crippen MR) is 123 cm³/mol. The number of aryl methyl sites for hydroxylation is 1. The van der Waals surface area contributed by atoms with Crippen LogP contribution in [0.1, 0.15) is 35.5 Å². The molecule has 0 radical (unpaired) electrons. The number of aromatic nitrogens is 2. The van der Waals surface area contributed by atoms with E-state index in [1.165, 1.54) is 0 Å². The van der Waals surface area contributed by atoms with Crippen LogP contribution in [-0.4, -0.2) is 82.1 Å². The number of rotatable bonds is 7. The van der Waals surface area contributed by atoms with Gasteiger partial charge in [-0.2, -0.15) is 5.10 Å². The lowest BCUT2D eigenvalue weighted by molar-refractivity contribution is -0.132. The van der Waals surface area contributed by atoms with Crippen molar-refractivity contribution in [1.82, 2.24) is 24.5 Å². The van der Waals surface area contributed by atoms with Gasteiger partial charge in [0.2, 0.25) is 5.91 Å². The Morgan fingerprint density at radius 1 is 1.06 bits per heavy atom. The standard InChI is InChI=1S/C22H29Cl2N5O2/c1-4-27(5-2)19(30)15-26-10-12-28(13-11-26)22(31)20-16(3)25-29(21(20)24)14-17-8-6-7-9-18(17)23/h6-9H,4-5,10-15H2,1-3H3. The van der Waals surface area contributed by atoms with Gasteiger partial charge in [-0.05, 0) is 32.4 Å². The Bertz CT molecular complexity index is 934. The van der Waals surface area contributed by atoms with Crippen molar-refractivity contribution in [1.29, 1.82) is 0 Å². The van der Waals surface area contributed by atoms with Crippen LogP contribution >= 0.6 is 23.2 Å². The van der Waals surface area contributed by atoms with E-state index in [1.807, 2.05) is 43.0 Å². The fourth-order valence-electron chi connectivity index (χ4n) is 3.82. The molecule has 0 saturated carbocycles. The minimum absolute atomic E-state index is 0.123. The molecule has 2 aromatic rings. The fraction of sp³-hybridized carbons (Fsp3) is 0.500. The molecule has 1 aliphatic rings. The molecule has 7 nitrogen and oxygen atoms in total. The number of halogens is 2. The van der Waals surface area contributed by atoms with Gasteiger partial charge in [-0.15, -0.1) is 0 Å². The number of hydrogen-bond donors (Lipinski definition) is 0. The van der Waals surface area contributed by atoms with Crippen LogP contribution in [0.3, 0.4) is 0 Å². The van der Waals surface area contributed by atoms with Crippen molar-refractivity contribution < 1.29 is 9.59 Å². The Balaban J connectivity index is 1.64. The van der Waals surface area contributed by atoms with Crippen LogP contribution in [-0.2, 0) is 11.3 Å². The number of benzene rings is 1.